The fourth-order valence-corrected chi connectivity index (χ4v) is 1.62. The molecule has 16 heavy (non-hydrogen) atoms. The Balaban J connectivity index is 2.16. The van der Waals surface area contributed by atoms with E-state index in [1.807, 2.05) is 13.0 Å². The van der Waals surface area contributed by atoms with Crippen molar-refractivity contribution in [2.75, 3.05) is 0 Å². The molecule has 1 heterocycles. The first-order chi connectivity index (χ1) is 7.50. The molecule has 0 aromatic heterocycles. The van der Waals surface area contributed by atoms with Gasteiger partial charge in [0.05, 0.1) is 6.10 Å². The van der Waals surface area contributed by atoms with E-state index in [1.165, 1.54) is 0 Å². The molecule has 1 aromatic carbocycles. The van der Waals surface area contributed by atoms with Crippen LogP contribution in [0.1, 0.15) is 18.9 Å². The highest BCUT2D eigenvalue weighted by Gasteiger charge is 2.30. The zero-order chi connectivity index (χ0) is 11.8. The Morgan fingerprint density at radius 3 is 2.69 bits per heavy atom. The van der Waals surface area contributed by atoms with Gasteiger partial charge < -0.3 is 14.6 Å². The third kappa shape index (κ3) is 2.35. The number of ether oxygens (including phenoxy) is 2. The molecule has 0 aliphatic carbocycles. The van der Waals surface area contributed by atoms with Crippen LogP contribution in [0.15, 0.2) is 18.2 Å². The van der Waals surface area contributed by atoms with Gasteiger partial charge in [0.15, 0.2) is 32.8 Å². The summed E-state index contributed by atoms with van der Waals surface area (Å²) < 4.78 is 10.4. The minimum Gasteiger partial charge on any atom is -0.468 e. The molecule has 1 N–H and O–H groups in total. The van der Waals surface area contributed by atoms with E-state index >= 15 is 0 Å². The molecule has 1 aliphatic rings. The van der Waals surface area contributed by atoms with Crippen LogP contribution < -0.4 is 9.47 Å². The van der Waals surface area contributed by atoms with Gasteiger partial charge >= 0.3 is 0 Å². The molecule has 0 bridgehead atoms. The van der Waals surface area contributed by atoms with Crippen LogP contribution in [-0.2, 0) is 6.42 Å². The van der Waals surface area contributed by atoms with Crippen molar-refractivity contribution in [3.05, 3.63) is 23.8 Å². The van der Waals surface area contributed by atoms with Gasteiger partial charge in [-0.15, -0.1) is 0 Å². The van der Waals surface area contributed by atoms with Crippen LogP contribution in [0, 0.1) is 0 Å². The number of rotatable bonds is 3. The maximum atomic E-state index is 9.54. The Bertz CT molecular complexity index is 393. The van der Waals surface area contributed by atoms with Crippen LogP contribution in [0.4, 0.5) is 0 Å². The van der Waals surface area contributed by atoms with Crippen molar-refractivity contribution in [2.24, 2.45) is 0 Å². The predicted molar refractivity (Wildman–Crippen MR) is 61.9 cm³/mol. The molecule has 0 amide bonds. The Kier molecular flexibility index (Phi) is 2.89. The summed E-state index contributed by atoms with van der Waals surface area (Å²) in [5.74, 6) is 1.05. The summed E-state index contributed by atoms with van der Waals surface area (Å²) in [7, 11) is 11.0. The summed E-state index contributed by atoms with van der Waals surface area (Å²) in [6.45, 7) is 1.93. The summed E-state index contributed by atoms with van der Waals surface area (Å²) in [4.78, 5) is 0. The lowest BCUT2D eigenvalue weighted by atomic mass is 9.76. The highest BCUT2D eigenvalue weighted by molar-refractivity contribution is 6.38. The van der Waals surface area contributed by atoms with Gasteiger partial charge in [-0.1, -0.05) is 13.0 Å². The minimum absolute atomic E-state index is 0.346. The van der Waals surface area contributed by atoms with Gasteiger partial charge in [0.1, 0.15) is 0 Å². The van der Waals surface area contributed by atoms with Gasteiger partial charge in [-0.3, -0.25) is 0 Å². The number of hydrogen-bond acceptors (Lipinski definition) is 3. The smallest absolute Gasteiger partial charge is 0.175 e. The van der Waals surface area contributed by atoms with Gasteiger partial charge in [0.25, 0.3) is 0 Å². The third-order valence-corrected chi connectivity index (χ3v) is 2.49. The van der Waals surface area contributed by atoms with Crippen LogP contribution in [-0.4, -0.2) is 32.5 Å². The van der Waals surface area contributed by atoms with Crippen LogP contribution in [0.2, 0.25) is 0 Å². The first-order valence-electron chi connectivity index (χ1n) is 5.27. The molecule has 0 unspecified atom stereocenters. The second-order valence-corrected chi connectivity index (χ2v) is 3.97. The summed E-state index contributed by atoms with van der Waals surface area (Å²) in [5.41, 5.74) is -0.612. The summed E-state index contributed by atoms with van der Waals surface area (Å²) in [5, 5.41) is 9.54. The largest absolute Gasteiger partial charge is 0.468 e. The molecule has 1 aromatic rings. The number of aliphatic hydroxyl groups is 1. The lowest BCUT2D eigenvalue weighted by Crippen LogP contribution is -2.39. The molecule has 0 saturated heterocycles. The Labute approximate surface area is 97.6 Å². The molecule has 3 nitrogen and oxygen atoms in total. The molecule has 0 spiro atoms. The van der Waals surface area contributed by atoms with Gasteiger partial charge in [-0.2, -0.15) is 0 Å². The lowest BCUT2D eigenvalue weighted by Gasteiger charge is -2.18. The van der Waals surface area contributed by atoms with E-state index in [-0.39, 0.29) is 6.10 Å². The molecule has 1 atom stereocenters. The average Bonchev–Trinajstić information content (AvgIpc) is 2.51. The van der Waals surface area contributed by atoms with Crippen molar-refractivity contribution in [1.82, 2.24) is 0 Å². The SMILES string of the molecule is [B]C1([B])Oc2ccc(C[C@@H](O)CC)cc2O1. The normalized spacial score (nSPS) is 18.4. The fraction of sp³-hybridized carbons (Fsp3) is 0.455. The van der Waals surface area contributed by atoms with Crippen LogP contribution >= 0.6 is 0 Å². The molecule has 4 radical (unpaired) electrons. The number of aliphatic hydroxyl groups excluding tert-OH is 1. The standard InChI is InChI=1S/C11H12B2O3/c1-2-8(14)5-7-3-4-9-10(6-7)16-11(12,13)15-9/h3-4,6,8,14H,2,5H2,1H3/t8-/m0/s1. The van der Waals surface area contributed by atoms with Crippen molar-refractivity contribution in [3.63, 3.8) is 0 Å². The molecule has 80 valence electrons. The van der Waals surface area contributed by atoms with Crippen LogP contribution in [0.3, 0.4) is 0 Å². The first-order valence-corrected chi connectivity index (χ1v) is 5.27. The van der Waals surface area contributed by atoms with E-state index in [1.54, 1.807) is 12.1 Å². The summed E-state index contributed by atoms with van der Waals surface area (Å²) >= 11 is 0. The summed E-state index contributed by atoms with van der Waals surface area (Å²) in [6.07, 6.45) is 0.947. The zero-order valence-electron chi connectivity index (χ0n) is 9.14. The maximum absolute atomic E-state index is 9.54. The molecule has 0 fully saturated rings. The van der Waals surface area contributed by atoms with Crippen molar-refractivity contribution in [1.29, 1.82) is 0 Å². The number of benzene rings is 1. The average molecular weight is 214 g/mol. The Morgan fingerprint density at radius 2 is 2.00 bits per heavy atom. The molecule has 2 rings (SSSR count). The monoisotopic (exact) mass is 214 g/mol. The Hall–Kier alpha value is -1.09. The molecule has 0 saturated carbocycles. The molecule has 5 heteroatoms. The highest BCUT2D eigenvalue weighted by Crippen LogP contribution is 2.37. The van der Waals surface area contributed by atoms with Crippen molar-refractivity contribution in [2.45, 2.75) is 31.5 Å². The maximum Gasteiger partial charge on any atom is 0.175 e. The predicted octanol–water partition coefficient (Wildman–Crippen LogP) is 0.720. The van der Waals surface area contributed by atoms with Crippen LogP contribution in [0.25, 0.3) is 0 Å². The van der Waals surface area contributed by atoms with E-state index in [4.69, 9.17) is 25.2 Å². The van der Waals surface area contributed by atoms with E-state index in [0.29, 0.717) is 24.3 Å². The van der Waals surface area contributed by atoms with E-state index in [2.05, 4.69) is 0 Å². The van der Waals surface area contributed by atoms with Gasteiger partial charge in [-0.25, -0.2) is 0 Å². The van der Waals surface area contributed by atoms with Crippen molar-refractivity contribution < 1.29 is 14.6 Å². The molecule has 1 aliphatic heterocycles. The number of fused-ring (bicyclic) bond motifs is 1. The Morgan fingerprint density at radius 1 is 1.31 bits per heavy atom. The molecular formula is C11H12B2O3. The van der Waals surface area contributed by atoms with Gasteiger partial charge in [0.2, 0.25) is 0 Å². The minimum atomic E-state index is -1.58. The topological polar surface area (TPSA) is 38.7 Å². The van der Waals surface area contributed by atoms with E-state index in [9.17, 15) is 5.11 Å². The first kappa shape index (κ1) is 11.4. The van der Waals surface area contributed by atoms with Crippen molar-refractivity contribution in [3.8, 4) is 11.5 Å². The second kappa shape index (κ2) is 4.06. The quantitative estimate of drug-likeness (QED) is 0.753. The molecular weight excluding hydrogens is 202 g/mol. The second-order valence-electron chi connectivity index (χ2n) is 3.97. The number of hydrogen-bond donors (Lipinski definition) is 1. The van der Waals surface area contributed by atoms with Gasteiger partial charge in [0, 0.05) is 0 Å². The lowest BCUT2D eigenvalue weighted by molar-refractivity contribution is 0.0833. The van der Waals surface area contributed by atoms with E-state index in [0.717, 1.165) is 5.56 Å². The fourth-order valence-electron chi connectivity index (χ4n) is 1.62. The highest BCUT2D eigenvalue weighted by atomic mass is 16.7. The van der Waals surface area contributed by atoms with Gasteiger partial charge in [-0.05, 0) is 30.5 Å². The summed E-state index contributed by atoms with van der Waals surface area (Å²) in [6, 6.07) is 5.40. The zero-order valence-corrected chi connectivity index (χ0v) is 9.14. The van der Waals surface area contributed by atoms with Crippen LogP contribution in [0.5, 0.6) is 11.5 Å². The van der Waals surface area contributed by atoms with Crippen molar-refractivity contribution >= 4 is 15.7 Å². The third-order valence-electron chi connectivity index (χ3n) is 2.49. The van der Waals surface area contributed by atoms with E-state index < -0.39 is 5.59 Å².